The number of anilines is 1. The van der Waals surface area contributed by atoms with Crippen molar-refractivity contribution in [1.29, 1.82) is 0 Å². The second-order valence-electron chi connectivity index (χ2n) is 10.1. The number of aliphatic hydroxyl groups is 1. The topological polar surface area (TPSA) is 145 Å². The highest BCUT2D eigenvalue weighted by Gasteiger charge is 2.44. The van der Waals surface area contributed by atoms with Crippen LogP contribution in [0.2, 0.25) is 0 Å². The summed E-state index contributed by atoms with van der Waals surface area (Å²) in [6, 6.07) is 3.46. The van der Waals surface area contributed by atoms with Crippen LogP contribution in [-0.4, -0.2) is 69.7 Å². The third-order valence-electron chi connectivity index (χ3n) is 7.71. The van der Waals surface area contributed by atoms with Crippen LogP contribution < -0.4 is 5.73 Å². The third-order valence-corrected chi connectivity index (χ3v) is 7.71. The second-order valence-corrected chi connectivity index (χ2v) is 10.1. The highest BCUT2D eigenvalue weighted by molar-refractivity contribution is 6.00. The Morgan fingerprint density at radius 2 is 1.92 bits per heavy atom. The number of rotatable bonds is 5. The Bertz CT molecular complexity index is 1560. The number of halogens is 1. The molecule has 0 radical (unpaired) electrons. The molecule has 2 aliphatic rings. The Labute approximate surface area is 217 Å². The van der Waals surface area contributed by atoms with Crippen LogP contribution in [0.1, 0.15) is 54.6 Å². The minimum Gasteiger partial charge on any atom is -0.387 e. The smallest absolute Gasteiger partial charge is 0.248 e. The van der Waals surface area contributed by atoms with Gasteiger partial charge in [-0.15, -0.1) is 0 Å². The van der Waals surface area contributed by atoms with Crippen LogP contribution in [0.25, 0.3) is 28.2 Å². The summed E-state index contributed by atoms with van der Waals surface area (Å²) in [7, 11) is 1.64. The monoisotopic (exact) mass is 518 g/mol. The van der Waals surface area contributed by atoms with Gasteiger partial charge < -0.3 is 15.7 Å². The Morgan fingerprint density at radius 3 is 2.50 bits per heavy atom. The molecule has 1 amide bonds. The summed E-state index contributed by atoms with van der Waals surface area (Å²) in [5.74, 6) is -0.777. The molecule has 2 saturated heterocycles. The van der Waals surface area contributed by atoms with Crippen molar-refractivity contribution in [2.24, 2.45) is 7.05 Å². The number of nitrogens with two attached hydrogens (primary N) is 1. The van der Waals surface area contributed by atoms with Crippen molar-refractivity contribution < 1.29 is 19.1 Å². The van der Waals surface area contributed by atoms with E-state index in [-0.39, 0.29) is 41.2 Å². The first-order chi connectivity index (χ1) is 18.3. The number of fused-ring (bicyclic) bond motifs is 3. The average Bonchev–Trinajstić information content (AvgIpc) is 3.56. The van der Waals surface area contributed by atoms with Crippen molar-refractivity contribution in [2.45, 2.75) is 50.6 Å². The lowest BCUT2D eigenvalue weighted by molar-refractivity contribution is -0.138. The van der Waals surface area contributed by atoms with E-state index in [9.17, 15) is 19.1 Å². The molecule has 4 aromatic heterocycles. The molecule has 6 heterocycles. The van der Waals surface area contributed by atoms with E-state index in [0.717, 1.165) is 12.8 Å². The molecule has 0 spiro atoms. The van der Waals surface area contributed by atoms with Crippen molar-refractivity contribution >= 4 is 23.2 Å². The molecule has 2 bridgehead atoms. The number of carbonyl (C=O) groups is 2. The van der Waals surface area contributed by atoms with Gasteiger partial charge in [0, 0.05) is 42.4 Å². The molecular formula is C26H27FN8O3. The number of amides is 1. The molecule has 2 atom stereocenters. The number of nitrogens with zero attached hydrogens (tertiary/aromatic N) is 7. The van der Waals surface area contributed by atoms with Crippen molar-refractivity contribution in [2.75, 3.05) is 12.3 Å². The minimum atomic E-state index is -0.507. The SMILES string of the molecule is CC(=O)c1c(C2C[C@H]3CC[C@H](C2)N3C(=O)CO)nc2c(-c3ccc(-c4nn(C)cc4F)nc3)cnn2c1N. The summed E-state index contributed by atoms with van der Waals surface area (Å²) in [6.07, 6.45) is 7.50. The molecule has 196 valence electrons. The van der Waals surface area contributed by atoms with Crippen molar-refractivity contribution in [3.05, 3.63) is 47.8 Å². The molecule has 38 heavy (non-hydrogen) atoms. The van der Waals surface area contributed by atoms with Gasteiger partial charge in [-0.2, -0.15) is 14.7 Å². The number of aryl methyl sites for hydroxylation is 1. The van der Waals surface area contributed by atoms with Gasteiger partial charge in [0.2, 0.25) is 5.91 Å². The molecule has 2 fully saturated rings. The first kappa shape index (κ1) is 24.2. The maximum absolute atomic E-state index is 14.2. The van der Waals surface area contributed by atoms with Gasteiger partial charge >= 0.3 is 0 Å². The van der Waals surface area contributed by atoms with E-state index in [1.54, 1.807) is 36.5 Å². The number of pyridine rings is 1. The summed E-state index contributed by atoms with van der Waals surface area (Å²) in [4.78, 5) is 36.2. The molecule has 6 rings (SSSR count). The fraction of sp³-hybridized carbons (Fsp3) is 0.385. The number of hydrogen-bond acceptors (Lipinski definition) is 8. The molecule has 0 aromatic carbocycles. The van der Waals surface area contributed by atoms with E-state index in [4.69, 9.17) is 10.7 Å². The molecule has 11 nitrogen and oxygen atoms in total. The zero-order valence-corrected chi connectivity index (χ0v) is 21.0. The molecule has 3 N–H and O–H groups in total. The minimum absolute atomic E-state index is 0.00873. The standard InChI is InChI=1S/C26H27FN8O3/c1-13(37)22-23(15-7-16-4-5-17(8-15)34(16)21(38)12-36)31-26-18(10-30-35(26)25(22)28)14-3-6-20(29-9-14)24-19(27)11-33(2)32-24/h3,6,9-11,15-17,36H,4-5,7-8,12,28H2,1-2H3/t16-,17-/m1/s1. The normalized spacial score (nSPS) is 20.8. The molecule has 0 unspecified atom stereocenters. The summed E-state index contributed by atoms with van der Waals surface area (Å²) in [5.41, 5.74) is 9.87. The predicted molar refractivity (Wildman–Crippen MR) is 136 cm³/mol. The van der Waals surface area contributed by atoms with Crippen LogP contribution in [-0.2, 0) is 11.8 Å². The quantitative estimate of drug-likeness (QED) is 0.383. The summed E-state index contributed by atoms with van der Waals surface area (Å²) in [5, 5.41) is 17.9. The molecule has 0 aliphatic carbocycles. The predicted octanol–water partition coefficient (Wildman–Crippen LogP) is 2.34. The Balaban J connectivity index is 1.41. The zero-order valence-electron chi connectivity index (χ0n) is 21.0. The van der Waals surface area contributed by atoms with Crippen molar-refractivity contribution in [1.82, 2.24) is 34.3 Å². The van der Waals surface area contributed by atoms with E-state index in [0.29, 0.717) is 46.6 Å². The van der Waals surface area contributed by atoms with E-state index in [1.807, 2.05) is 0 Å². The lowest BCUT2D eigenvalue weighted by Gasteiger charge is -2.39. The van der Waals surface area contributed by atoms with Crippen molar-refractivity contribution in [3.63, 3.8) is 0 Å². The molecule has 0 saturated carbocycles. The maximum Gasteiger partial charge on any atom is 0.248 e. The van der Waals surface area contributed by atoms with Gasteiger partial charge in [-0.05, 0) is 38.7 Å². The summed E-state index contributed by atoms with van der Waals surface area (Å²) >= 11 is 0. The lowest BCUT2D eigenvalue weighted by atomic mass is 9.85. The highest BCUT2D eigenvalue weighted by atomic mass is 19.1. The average molecular weight is 519 g/mol. The second kappa shape index (κ2) is 8.98. The third kappa shape index (κ3) is 3.74. The Morgan fingerprint density at radius 1 is 1.18 bits per heavy atom. The van der Waals surface area contributed by atoms with Gasteiger partial charge in [0.15, 0.2) is 17.2 Å². The number of aromatic nitrogens is 6. The van der Waals surface area contributed by atoms with Gasteiger partial charge in [-0.25, -0.2) is 9.37 Å². The maximum atomic E-state index is 14.2. The van der Waals surface area contributed by atoms with Crippen LogP contribution in [0.3, 0.4) is 0 Å². The molecule has 12 heteroatoms. The number of piperidine rings is 1. The van der Waals surface area contributed by atoms with E-state index in [2.05, 4.69) is 15.2 Å². The summed E-state index contributed by atoms with van der Waals surface area (Å²) in [6.45, 7) is 0.956. The van der Waals surface area contributed by atoms with Crippen LogP contribution in [0.4, 0.5) is 10.2 Å². The number of aliphatic hydroxyl groups excluding tert-OH is 1. The van der Waals surface area contributed by atoms with E-state index >= 15 is 0 Å². The number of ketones is 1. The summed E-state index contributed by atoms with van der Waals surface area (Å²) < 4.78 is 17.0. The number of carbonyl (C=O) groups excluding carboxylic acids is 2. The van der Waals surface area contributed by atoms with Crippen molar-refractivity contribution in [3.8, 4) is 22.5 Å². The lowest BCUT2D eigenvalue weighted by Crippen LogP contribution is -2.47. The number of nitrogen functional groups attached to an aromatic ring is 1. The molecule has 2 aliphatic heterocycles. The van der Waals surface area contributed by atoms with Gasteiger partial charge in [0.25, 0.3) is 0 Å². The van der Waals surface area contributed by atoms with Gasteiger partial charge in [0.05, 0.1) is 29.3 Å². The zero-order chi connectivity index (χ0) is 26.7. The van der Waals surface area contributed by atoms with Gasteiger partial charge in [0.1, 0.15) is 18.1 Å². The highest BCUT2D eigenvalue weighted by Crippen LogP contribution is 2.44. The van der Waals surface area contributed by atoms with Crippen LogP contribution in [0.5, 0.6) is 0 Å². The largest absolute Gasteiger partial charge is 0.387 e. The molecule has 4 aromatic rings. The van der Waals surface area contributed by atoms with Crippen LogP contribution in [0.15, 0.2) is 30.7 Å². The van der Waals surface area contributed by atoms with Crippen LogP contribution >= 0.6 is 0 Å². The molecular weight excluding hydrogens is 491 g/mol. The fourth-order valence-corrected chi connectivity index (χ4v) is 6.11. The Hall–Kier alpha value is -4.19. The fourth-order valence-electron chi connectivity index (χ4n) is 6.11. The number of hydrogen-bond donors (Lipinski definition) is 2. The Kier molecular flexibility index (Phi) is 5.71. The van der Waals surface area contributed by atoms with E-state index in [1.165, 1.54) is 22.3 Å². The van der Waals surface area contributed by atoms with Crippen LogP contribution in [0, 0.1) is 5.82 Å². The number of Topliss-reactive ketones (excluding diaryl/α,β-unsaturated/α-hetero) is 1. The first-order valence-corrected chi connectivity index (χ1v) is 12.5. The first-order valence-electron chi connectivity index (χ1n) is 12.5. The van der Waals surface area contributed by atoms with Gasteiger partial charge in [-0.3, -0.25) is 19.3 Å². The van der Waals surface area contributed by atoms with E-state index < -0.39 is 12.4 Å². The van der Waals surface area contributed by atoms with Gasteiger partial charge in [-0.1, -0.05) is 6.07 Å².